The largest absolute Gasteiger partial charge is 0.418 e. The van der Waals surface area contributed by atoms with Gasteiger partial charge in [0.05, 0.1) is 17.0 Å². The van der Waals surface area contributed by atoms with Crippen LogP contribution in [-0.2, 0) is 15.8 Å². The van der Waals surface area contributed by atoms with Gasteiger partial charge in [-0.1, -0.05) is 59.6 Å². The molecular formula is C31H22Cl2F3N3O3S. The zero-order valence-corrected chi connectivity index (χ0v) is 24.4. The molecule has 0 aliphatic carbocycles. The van der Waals surface area contributed by atoms with Gasteiger partial charge in [0.1, 0.15) is 5.70 Å². The van der Waals surface area contributed by atoms with Crippen LogP contribution in [0.15, 0.2) is 108 Å². The second-order valence-electron chi connectivity index (χ2n) is 8.94. The number of anilines is 2. The Morgan fingerprint density at radius 3 is 2.19 bits per heavy atom. The molecule has 0 aliphatic heterocycles. The maximum absolute atomic E-state index is 13.3. The van der Waals surface area contributed by atoms with E-state index in [1.54, 1.807) is 78.9 Å². The molecule has 0 aromatic heterocycles. The van der Waals surface area contributed by atoms with Crippen molar-refractivity contribution in [1.29, 1.82) is 0 Å². The first-order valence-electron chi connectivity index (χ1n) is 12.5. The first kappa shape index (κ1) is 31.7. The molecule has 4 rings (SSSR count). The van der Waals surface area contributed by atoms with E-state index >= 15 is 0 Å². The van der Waals surface area contributed by atoms with Gasteiger partial charge in [-0.05, 0) is 72.3 Å². The van der Waals surface area contributed by atoms with Gasteiger partial charge in [-0.3, -0.25) is 14.4 Å². The van der Waals surface area contributed by atoms with E-state index in [-0.39, 0.29) is 16.5 Å². The van der Waals surface area contributed by atoms with Crippen molar-refractivity contribution in [2.24, 2.45) is 0 Å². The van der Waals surface area contributed by atoms with Crippen molar-refractivity contribution < 1.29 is 27.6 Å². The van der Waals surface area contributed by atoms with Crippen LogP contribution in [0.5, 0.6) is 0 Å². The summed E-state index contributed by atoms with van der Waals surface area (Å²) in [6.07, 6.45) is -3.20. The second kappa shape index (κ2) is 14.3. The molecule has 6 nitrogen and oxygen atoms in total. The summed E-state index contributed by atoms with van der Waals surface area (Å²) in [7, 11) is 0. The van der Waals surface area contributed by atoms with E-state index in [0.29, 0.717) is 26.7 Å². The fraction of sp³-hybridized carbons (Fsp3) is 0.0645. The van der Waals surface area contributed by atoms with Crippen LogP contribution in [0.3, 0.4) is 0 Å². The van der Waals surface area contributed by atoms with E-state index in [4.69, 9.17) is 23.2 Å². The highest BCUT2D eigenvalue weighted by atomic mass is 35.5. The quantitative estimate of drug-likeness (QED) is 0.127. The lowest BCUT2D eigenvalue weighted by atomic mass is 10.1. The van der Waals surface area contributed by atoms with Gasteiger partial charge in [0.15, 0.2) is 0 Å². The third-order valence-electron chi connectivity index (χ3n) is 5.73. The molecule has 0 aliphatic rings. The average Bonchev–Trinajstić information content (AvgIpc) is 2.98. The van der Waals surface area contributed by atoms with E-state index in [1.165, 1.54) is 12.1 Å². The van der Waals surface area contributed by atoms with Crippen molar-refractivity contribution in [3.63, 3.8) is 0 Å². The molecule has 0 spiro atoms. The predicted octanol–water partition coefficient (Wildman–Crippen LogP) is 8.15. The number of alkyl halides is 3. The highest BCUT2D eigenvalue weighted by Crippen LogP contribution is 2.36. The molecule has 220 valence electrons. The van der Waals surface area contributed by atoms with Gasteiger partial charge in [0, 0.05) is 26.2 Å². The van der Waals surface area contributed by atoms with Crippen LogP contribution in [0, 0.1) is 0 Å². The number of amides is 3. The minimum atomic E-state index is -4.70. The van der Waals surface area contributed by atoms with Crippen LogP contribution in [-0.4, -0.2) is 23.5 Å². The van der Waals surface area contributed by atoms with Crippen LogP contribution < -0.4 is 16.0 Å². The first-order valence-corrected chi connectivity index (χ1v) is 14.3. The summed E-state index contributed by atoms with van der Waals surface area (Å²) in [6, 6.07) is 24.7. The first-order chi connectivity index (χ1) is 20.5. The van der Waals surface area contributed by atoms with Gasteiger partial charge in [-0.2, -0.15) is 13.2 Å². The number of hydrogen-bond acceptors (Lipinski definition) is 4. The van der Waals surface area contributed by atoms with Gasteiger partial charge < -0.3 is 16.0 Å². The summed E-state index contributed by atoms with van der Waals surface area (Å²) in [5.74, 6) is -1.96. The lowest BCUT2D eigenvalue weighted by Gasteiger charge is -2.14. The van der Waals surface area contributed by atoms with Crippen molar-refractivity contribution in [1.82, 2.24) is 5.32 Å². The SMILES string of the molecule is O=C(CSc1cccc(NC(=O)/C(=C/c2ccc(Cl)cc2)NC(=O)c2ccccc2)c1)Nc1ccc(Cl)cc1C(F)(F)F. The Morgan fingerprint density at radius 2 is 1.49 bits per heavy atom. The Morgan fingerprint density at radius 1 is 0.791 bits per heavy atom. The van der Waals surface area contributed by atoms with Gasteiger partial charge in [0.2, 0.25) is 5.91 Å². The van der Waals surface area contributed by atoms with Crippen molar-refractivity contribution in [3.8, 4) is 0 Å². The summed E-state index contributed by atoms with van der Waals surface area (Å²) in [6.45, 7) is 0. The molecule has 3 amide bonds. The Labute approximate surface area is 259 Å². The molecule has 43 heavy (non-hydrogen) atoms. The lowest BCUT2D eigenvalue weighted by molar-refractivity contribution is -0.137. The van der Waals surface area contributed by atoms with Crippen LogP contribution in [0.2, 0.25) is 10.0 Å². The van der Waals surface area contributed by atoms with Crippen LogP contribution in [0.25, 0.3) is 6.08 Å². The van der Waals surface area contributed by atoms with Gasteiger partial charge in [0.25, 0.3) is 11.8 Å². The fourth-order valence-corrected chi connectivity index (χ4v) is 4.78. The Hall–Kier alpha value is -4.25. The maximum Gasteiger partial charge on any atom is 0.418 e. The van der Waals surface area contributed by atoms with E-state index in [0.717, 1.165) is 23.9 Å². The smallest absolute Gasteiger partial charge is 0.325 e. The molecule has 3 N–H and O–H groups in total. The summed E-state index contributed by atoms with van der Waals surface area (Å²) in [5, 5.41) is 8.04. The molecule has 0 saturated heterocycles. The summed E-state index contributed by atoms with van der Waals surface area (Å²) in [5.41, 5.74) is -0.144. The molecule has 0 atom stereocenters. The minimum absolute atomic E-state index is 0.0305. The number of thioether (sulfide) groups is 1. The molecular weight excluding hydrogens is 622 g/mol. The van der Waals surface area contributed by atoms with Crippen molar-refractivity contribution in [2.45, 2.75) is 11.1 Å². The number of benzene rings is 4. The number of rotatable bonds is 9. The fourth-order valence-electron chi connectivity index (χ4n) is 3.73. The third kappa shape index (κ3) is 9.37. The number of carbonyl (C=O) groups is 3. The van der Waals surface area contributed by atoms with Crippen molar-refractivity contribution in [2.75, 3.05) is 16.4 Å². The van der Waals surface area contributed by atoms with E-state index in [9.17, 15) is 27.6 Å². The van der Waals surface area contributed by atoms with Crippen molar-refractivity contribution in [3.05, 3.63) is 129 Å². The van der Waals surface area contributed by atoms with Crippen LogP contribution in [0.1, 0.15) is 21.5 Å². The number of halogens is 5. The minimum Gasteiger partial charge on any atom is -0.325 e. The molecule has 0 bridgehead atoms. The highest BCUT2D eigenvalue weighted by molar-refractivity contribution is 8.00. The molecule has 0 heterocycles. The molecule has 12 heteroatoms. The van der Waals surface area contributed by atoms with Gasteiger partial charge in [-0.25, -0.2) is 0 Å². The second-order valence-corrected chi connectivity index (χ2v) is 10.9. The van der Waals surface area contributed by atoms with Gasteiger partial charge >= 0.3 is 6.18 Å². The zero-order chi connectivity index (χ0) is 31.0. The summed E-state index contributed by atoms with van der Waals surface area (Å²) < 4.78 is 40.0. The Bertz CT molecular complexity index is 1660. The van der Waals surface area contributed by atoms with E-state index < -0.39 is 35.1 Å². The van der Waals surface area contributed by atoms with Crippen LogP contribution >= 0.6 is 35.0 Å². The number of carbonyl (C=O) groups excluding carboxylic acids is 3. The molecule has 0 fully saturated rings. The standard InChI is InChI=1S/C31H22Cl2F3N3O3S/c32-21-11-9-19(10-12-21)15-27(39-29(41)20-5-2-1-3-6-20)30(42)37-23-7-4-8-24(17-23)43-18-28(40)38-26-14-13-22(33)16-25(26)31(34,35)36/h1-17H,18H2,(H,37,42)(H,38,40)(H,39,41)/b27-15-. The monoisotopic (exact) mass is 643 g/mol. The van der Waals surface area contributed by atoms with Crippen molar-refractivity contribution >= 4 is 70.1 Å². The summed E-state index contributed by atoms with van der Waals surface area (Å²) >= 11 is 12.7. The maximum atomic E-state index is 13.3. The van der Waals surface area contributed by atoms with Gasteiger partial charge in [-0.15, -0.1) is 11.8 Å². The molecule has 0 radical (unpaired) electrons. The Kier molecular flexibility index (Phi) is 10.5. The number of nitrogens with one attached hydrogen (secondary N) is 3. The average molecular weight is 645 g/mol. The Balaban J connectivity index is 1.45. The molecule has 4 aromatic rings. The predicted molar refractivity (Wildman–Crippen MR) is 164 cm³/mol. The third-order valence-corrected chi connectivity index (χ3v) is 7.21. The molecule has 0 unspecified atom stereocenters. The lowest BCUT2D eigenvalue weighted by Crippen LogP contribution is -2.30. The summed E-state index contributed by atoms with van der Waals surface area (Å²) in [4.78, 5) is 39.1. The van der Waals surface area contributed by atoms with E-state index in [1.807, 2.05) is 0 Å². The topological polar surface area (TPSA) is 87.3 Å². The number of hydrogen-bond donors (Lipinski definition) is 3. The zero-order valence-electron chi connectivity index (χ0n) is 22.0. The van der Waals surface area contributed by atoms with E-state index in [2.05, 4.69) is 16.0 Å². The molecule has 0 saturated carbocycles. The molecule has 4 aromatic carbocycles. The highest BCUT2D eigenvalue weighted by Gasteiger charge is 2.34. The normalized spacial score (nSPS) is 11.5. The van der Waals surface area contributed by atoms with Crippen LogP contribution in [0.4, 0.5) is 24.5 Å².